The number of hydrogen-bond acceptors (Lipinski definition) is 6. The van der Waals surface area contributed by atoms with Crippen LogP contribution in [0.1, 0.15) is 51.5 Å². The van der Waals surface area contributed by atoms with Crippen molar-refractivity contribution in [3.8, 4) is 0 Å². The molecular formula is C14H23N5O2S. The van der Waals surface area contributed by atoms with Crippen LogP contribution in [0.25, 0.3) is 0 Å². The van der Waals surface area contributed by atoms with E-state index in [1.165, 1.54) is 24.6 Å². The molecule has 1 saturated carbocycles. The summed E-state index contributed by atoms with van der Waals surface area (Å²) in [7, 11) is 0. The zero-order chi connectivity index (χ0) is 15.4. The van der Waals surface area contributed by atoms with E-state index in [0.717, 1.165) is 37.4 Å². The minimum atomic E-state index is -0.215. The molecule has 22 heavy (non-hydrogen) atoms. The number of hydrogen-bond donors (Lipinski definition) is 1. The van der Waals surface area contributed by atoms with Crippen LogP contribution in [0.3, 0.4) is 0 Å². The third-order valence-corrected chi connectivity index (χ3v) is 5.36. The molecule has 0 bridgehead atoms. The molecule has 1 saturated heterocycles. The lowest BCUT2D eigenvalue weighted by Gasteiger charge is -2.15. The van der Waals surface area contributed by atoms with E-state index in [2.05, 4.69) is 20.8 Å². The second kappa shape index (κ2) is 7.41. The first-order valence-corrected chi connectivity index (χ1v) is 8.96. The molecule has 7 nitrogen and oxygen atoms in total. The first-order chi connectivity index (χ1) is 10.7. The van der Waals surface area contributed by atoms with Crippen LogP contribution in [0.2, 0.25) is 0 Å². The number of nitrogens with one attached hydrogen (secondary N) is 1. The Kier molecular flexibility index (Phi) is 5.30. The van der Waals surface area contributed by atoms with Crippen LogP contribution in [-0.4, -0.2) is 50.6 Å². The molecule has 0 unspecified atom stereocenters. The van der Waals surface area contributed by atoms with Crippen molar-refractivity contribution in [2.24, 2.45) is 0 Å². The van der Waals surface area contributed by atoms with Crippen molar-refractivity contribution in [1.29, 1.82) is 0 Å². The van der Waals surface area contributed by atoms with Gasteiger partial charge >= 0.3 is 0 Å². The SMILES string of the molecule is C[C@@H](Sc1nnnn1C1CCCC1)C(=O)NC[C@@H]1CCCO1. The van der Waals surface area contributed by atoms with Gasteiger partial charge in [-0.1, -0.05) is 24.6 Å². The summed E-state index contributed by atoms with van der Waals surface area (Å²) in [6, 6.07) is 0.389. The van der Waals surface area contributed by atoms with Crippen LogP contribution >= 0.6 is 11.8 Å². The van der Waals surface area contributed by atoms with Crippen LogP contribution in [0.5, 0.6) is 0 Å². The van der Waals surface area contributed by atoms with Crippen molar-refractivity contribution in [2.75, 3.05) is 13.2 Å². The molecule has 0 radical (unpaired) electrons. The molecule has 1 aliphatic carbocycles. The van der Waals surface area contributed by atoms with E-state index in [-0.39, 0.29) is 17.3 Å². The number of thioether (sulfide) groups is 1. The predicted octanol–water partition coefficient (Wildman–Crippen LogP) is 1.56. The third kappa shape index (κ3) is 3.78. The molecule has 0 spiro atoms. The fourth-order valence-corrected chi connectivity index (χ4v) is 3.90. The second-order valence-electron chi connectivity index (χ2n) is 5.98. The largest absolute Gasteiger partial charge is 0.376 e. The van der Waals surface area contributed by atoms with Gasteiger partial charge in [-0.2, -0.15) is 0 Å². The zero-order valence-corrected chi connectivity index (χ0v) is 13.7. The Balaban J connectivity index is 1.51. The highest BCUT2D eigenvalue weighted by Gasteiger charge is 2.25. The lowest BCUT2D eigenvalue weighted by Crippen LogP contribution is -2.36. The smallest absolute Gasteiger partial charge is 0.233 e. The normalized spacial score (nSPS) is 23.8. The fourth-order valence-electron chi connectivity index (χ4n) is 3.02. The maximum absolute atomic E-state index is 12.2. The number of amides is 1. The monoisotopic (exact) mass is 325 g/mol. The number of ether oxygens (including phenoxy) is 1. The Labute approximate surface area is 134 Å². The summed E-state index contributed by atoms with van der Waals surface area (Å²) in [6.07, 6.45) is 6.99. The van der Waals surface area contributed by atoms with Crippen molar-refractivity contribution >= 4 is 17.7 Å². The van der Waals surface area contributed by atoms with E-state index in [1.807, 2.05) is 11.6 Å². The van der Waals surface area contributed by atoms with E-state index in [0.29, 0.717) is 12.6 Å². The van der Waals surface area contributed by atoms with Crippen molar-refractivity contribution < 1.29 is 9.53 Å². The van der Waals surface area contributed by atoms with Gasteiger partial charge in [0.15, 0.2) is 0 Å². The average molecular weight is 325 g/mol. The van der Waals surface area contributed by atoms with E-state index >= 15 is 0 Å². The molecule has 2 atom stereocenters. The van der Waals surface area contributed by atoms with Gasteiger partial charge < -0.3 is 10.1 Å². The van der Waals surface area contributed by atoms with Crippen LogP contribution in [0.15, 0.2) is 5.16 Å². The summed E-state index contributed by atoms with van der Waals surface area (Å²) in [6.45, 7) is 3.29. The maximum atomic E-state index is 12.2. The third-order valence-electron chi connectivity index (χ3n) is 4.31. The van der Waals surface area contributed by atoms with Crippen LogP contribution < -0.4 is 5.32 Å². The molecular weight excluding hydrogens is 302 g/mol. The number of carbonyl (C=O) groups is 1. The zero-order valence-electron chi connectivity index (χ0n) is 12.9. The molecule has 1 aromatic heterocycles. The summed E-state index contributed by atoms with van der Waals surface area (Å²) >= 11 is 1.43. The van der Waals surface area contributed by atoms with Gasteiger partial charge in [-0.25, -0.2) is 4.68 Å². The number of carbonyl (C=O) groups excluding carboxylic acids is 1. The topological polar surface area (TPSA) is 81.9 Å². The van der Waals surface area contributed by atoms with Crippen LogP contribution in [0, 0.1) is 0 Å². The van der Waals surface area contributed by atoms with E-state index < -0.39 is 0 Å². The predicted molar refractivity (Wildman–Crippen MR) is 82.6 cm³/mol. The molecule has 1 N–H and O–H groups in total. The van der Waals surface area contributed by atoms with Crippen molar-refractivity contribution in [3.05, 3.63) is 0 Å². The Hall–Kier alpha value is -1.15. The van der Waals surface area contributed by atoms with E-state index in [9.17, 15) is 4.79 Å². The van der Waals surface area contributed by atoms with Crippen LogP contribution in [-0.2, 0) is 9.53 Å². The molecule has 1 amide bonds. The number of tetrazole rings is 1. The second-order valence-corrected chi connectivity index (χ2v) is 7.29. The maximum Gasteiger partial charge on any atom is 0.233 e. The van der Waals surface area contributed by atoms with Gasteiger partial charge in [0, 0.05) is 13.2 Å². The van der Waals surface area contributed by atoms with Gasteiger partial charge in [0.2, 0.25) is 11.1 Å². The van der Waals surface area contributed by atoms with E-state index in [4.69, 9.17) is 4.74 Å². The fraction of sp³-hybridized carbons (Fsp3) is 0.857. The average Bonchev–Trinajstić information content (AvgIpc) is 3.25. The molecule has 0 aromatic carbocycles. The summed E-state index contributed by atoms with van der Waals surface area (Å²) in [5.41, 5.74) is 0. The molecule has 1 aromatic rings. The molecule has 1 aliphatic heterocycles. The van der Waals surface area contributed by atoms with Gasteiger partial charge in [-0.05, 0) is 43.0 Å². The van der Waals surface area contributed by atoms with Crippen molar-refractivity contribution in [2.45, 2.75) is 68.0 Å². The van der Waals surface area contributed by atoms with Gasteiger partial charge in [-0.3, -0.25) is 4.79 Å². The highest BCUT2D eigenvalue weighted by atomic mass is 32.2. The number of rotatable bonds is 6. The quantitative estimate of drug-likeness (QED) is 0.799. The Morgan fingerprint density at radius 2 is 2.23 bits per heavy atom. The molecule has 3 rings (SSSR count). The van der Waals surface area contributed by atoms with Crippen LogP contribution in [0.4, 0.5) is 0 Å². The number of nitrogens with zero attached hydrogens (tertiary/aromatic N) is 4. The van der Waals surface area contributed by atoms with Gasteiger partial charge in [-0.15, -0.1) is 5.10 Å². The summed E-state index contributed by atoms with van der Waals surface area (Å²) in [5, 5.41) is 15.5. The first-order valence-electron chi connectivity index (χ1n) is 8.08. The van der Waals surface area contributed by atoms with Crippen molar-refractivity contribution in [1.82, 2.24) is 25.5 Å². The highest BCUT2D eigenvalue weighted by molar-refractivity contribution is 8.00. The summed E-state index contributed by atoms with van der Waals surface area (Å²) < 4.78 is 7.41. The molecule has 8 heteroatoms. The lowest BCUT2D eigenvalue weighted by molar-refractivity contribution is -0.120. The first kappa shape index (κ1) is 15.7. The molecule has 2 aliphatic rings. The Bertz CT molecular complexity index is 497. The highest BCUT2D eigenvalue weighted by Crippen LogP contribution is 2.32. The van der Waals surface area contributed by atoms with Crippen molar-refractivity contribution in [3.63, 3.8) is 0 Å². The minimum Gasteiger partial charge on any atom is -0.376 e. The van der Waals surface area contributed by atoms with Gasteiger partial charge in [0.05, 0.1) is 17.4 Å². The molecule has 2 fully saturated rings. The summed E-state index contributed by atoms with van der Waals surface area (Å²) in [4.78, 5) is 12.2. The minimum absolute atomic E-state index is 0.0153. The molecule has 2 heterocycles. The number of aromatic nitrogens is 4. The Morgan fingerprint density at radius 1 is 1.41 bits per heavy atom. The summed E-state index contributed by atoms with van der Waals surface area (Å²) in [5.74, 6) is 0.0153. The lowest BCUT2D eigenvalue weighted by atomic mass is 10.2. The van der Waals surface area contributed by atoms with Gasteiger partial charge in [0.1, 0.15) is 0 Å². The standard InChI is InChI=1S/C14H23N5O2S/c1-10(13(20)15-9-12-7-4-8-21-12)22-14-16-17-18-19(14)11-5-2-3-6-11/h10-12H,2-9H2,1H3,(H,15,20)/t10-,12+/m1/s1. The van der Waals surface area contributed by atoms with E-state index in [1.54, 1.807) is 0 Å². The van der Waals surface area contributed by atoms with Gasteiger partial charge in [0.25, 0.3) is 0 Å². The Morgan fingerprint density at radius 3 is 2.95 bits per heavy atom. The molecule has 122 valence electrons.